The molecule has 0 aromatic heterocycles. The maximum Gasteiger partial charge on any atom is 0.232 e. The van der Waals surface area contributed by atoms with E-state index in [2.05, 4.69) is 5.32 Å². The third kappa shape index (κ3) is 5.64. The minimum atomic E-state index is -3.62. The van der Waals surface area contributed by atoms with E-state index in [9.17, 15) is 13.2 Å². The Morgan fingerprint density at radius 2 is 1.88 bits per heavy atom. The van der Waals surface area contributed by atoms with E-state index in [1.807, 2.05) is 30.3 Å². The number of anilines is 1. The lowest BCUT2D eigenvalue weighted by atomic mass is 10.2. The maximum atomic E-state index is 12.2. The zero-order valence-electron chi connectivity index (χ0n) is 14.6. The smallest absolute Gasteiger partial charge is 0.232 e. The predicted molar refractivity (Wildman–Crippen MR) is 103 cm³/mol. The first-order valence-electron chi connectivity index (χ1n) is 7.93. The largest absolute Gasteiger partial charge is 0.495 e. The van der Waals surface area contributed by atoms with Gasteiger partial charge in [0.05, 0.1) is 19.1 Å². The van der Waals surface area contributed by atoms with Gasteiger partial charge < -0.3 is 10.1 Å². The van der Waals surface area contributed by atoms with E-state index >= 15 is 0 Å². The third-order valence-corrected chi connectivity index (χ3v) is 5.10. The van der Waals surface area contributed by atoms with Gasteiger partial charge in [0.2, 0.25) is 15.9 Å². The van der Waals surface area contributed by atoms with Crippen molar-refractivity contribution < 1.29 is 17.9 Å². The van der Waals surface area contributed by atoms with Crippen molar-refractivity contribution in [3.8, 4) is 5.75 Å². The minimum absolute atomic E-state index is 0.00950. The standard InChI is InChI=1S/C18H21ClN2O4S/c1-25-17-9-8-15(19)12-16(17)21(26(2,23)24)11-10-18(22)20-13-14-6-4-3-5-7-14/h3-9,12H,10-11,13H2,1-2H3,(H,20,22). The second-order valence-corrected chi connectivity index (χ2v) is 8.01. The fraction of sp³-hybridized carbons (Fsp3) is 0.278. The summed E-state index contributed by atoms with van der Waals surface area (Å²) < 4.78 is 30.7. The molecule has 2 aromatic rings. The molecule has 140 valence electrons. The molecule has 6 nitrogen and oxygen atoms in total. The van der Waals surface area contributed by atoms with Gasteiger partial charge in [-0.1, -0.05) is 41.9 Å². The molecule has 1 amide bonds. The number of carbonyl (C=O) groups excluding carboxylic acids is 1. The molecule has 0 radical (unpaired) electrons. The van der Waals surface area contributed by atoms with Crippen molar-refractivity contribution in [2.45, 2.75) is 13.0 Å². The van der Waals surface area contributed by atoms with Gasteiger partial charge in [-0.15, -0.1) is 0 Å². The zero-order chi connectivity index (χ0) is 19.2. The summed E-state index contributed by atoms with van der Waals surface area (Å²) >= 11 is 5.99. The molecule has 0 fully saturated rings. The third-order valence-electron chi connectivity index (χ3n) is 3.68. The van der Waals surface area contributed by atoms with Gasteiger partial charge in [-0.2, -0.15) is 0 Å². The molecule has 0 atom stereocenters. The SMILES string of the molecule is COc1ccc(Cl)cc1N(CCC(=O)NCc1ccccc1)S(C)(=O)=O. The molecule has 0 bridgehead atoms. The summed E-state index contributed by atoms with van der Waals surface area (Å²) in [7, 11) is -2.17. The summed E-state index contributed by atoms with van der Waals surface area (Å²) in [6.45, 7) is 0.370. The molecule has 0 saturated heterocycles. The van der Waals surface area contributed by atoms with Crippen LogP contribution in [-0.2, 0) is 21.4 Å². The van der Waals surface area contributed by atoms with E-state index in [1.54, 1.807) is 12.1 Å². The molecule has 26 heavy (non-hydrogen) atoms. The average Bonchev–Trinajstić information content (AvgIpc) is 2.60. The van der Waals surface area contributed by atoms with Gasteiger partial charge in [-0.05, 0) is 23.8 Å². The van der Waals surface area contributed by atoms with E-state index in [1.165, 1.54) is 13.2 Å². The first kappa shape index (κ1) is 20.1. The van der Waals surface area contributed by atoms with Crippen LogP contribution in [0.15, 0.2) is 48.5 Å². The van der Waals surface area contributed by atoms with Crippen molar-refractivity contribution in [1.82, 2.24) is 5.32 Å². The van der Waals surface area contributed by atoms with Crippen LogP contribution in [0.5, 0.6) is 5.75 Å². The summed E-state index contributed by atoms with van der Waals surface area (Å²) in [5.41, 5.74) is 1.27. The van der Waals surface area contributed by atoms with Gasteiger partial charge in [0.1, 0.15) is 5.75 Å². The van der Waals surface area contributed by atoms with E-state index in [0.29, 0.717) is 23.0 Å². The lowest BCUT2D eigenvalue weighted by Gasteiger charge is -2.24. The Kier molecular flexibility index (Phi) is 6.88. The van der Waals surface area contributed by atoms with Gasteiger partial charge in [0, 0.05) is 24.5 Å². The molecule has 8 heteroatoms. The van der Waals surface area contributed by atoms with Crippen LogP contribution in [0, 0.1) is 0 Å². The normalized spacial score (nSPS) is 11.0. The van der Waals surface area contributed by atoms with E-state index in [4.69, 9.17) is 16.3 Å². The molecule has 0 aliphatic rings. The summed E-state index contributed by atoms with van der Waals surface area (Å²) in [4.78, 5) is 12.1. The molecule has 1 N–H and O–H groups in total. The number of nitrogens with one attached hydrogen (secondary N) is 1. The Morgan fingerprint density at radius 3 is 2.50 bits per heavy atom. The lowest BCUT2D eigenvalue weighted by Crippen LogP contribution is -2.34. The predicted octanol–water partition coefficient (Wildman–Crippen LogP) is 2.82. The van der Waals surface area contributed by atoms with Crippen LogP contribution < -0.4 is 14.4 Å². The summed E-state index contributed by atoms with van der Waals surface area (Å²) in [5.74, 6) is 0.119. The summed E-state index contributed by atoms with van der Waals surface area (Å²) in [6.07, 6.45) is 1.09. The van der Waals surface area contributed by atoms with Crippen LogP contribution in [-0.4, -0.2) is 34.2 Å². The number of amides is 1. The Bertz CT molecular complexity index is 857. The Hall–Kier alpha value is -2.25. The minimum Gasteiger partial charge on any atom is -0.495 e. The van der Waals surface area contributed by atoms with Crippen molar-refractivity contribution in [3.05, 3.63) is 59.1 Å². The van der Waals surface area contributed by atoms with Crippen molar-refractivity contribution in [1.29, 1.82) is 0 Å². The number of methoxy groups -OCH3 is 1. The fourth-order valence-electron chi connectivity index (χ4n) is 2.41. The monoisotopic (exact) mass is 396 g/mol. The molecule has 0 unspecified atom stereocenters. The van der Waals surface area contributed by atoms with Crippen molar-refractivity contribution in [3.63, 3.8) is 0 Å². The molecule has 0 aliphatic carbocycles. The van der Waals surface area contributed by atoms with E-state index in [-0.39, 0.29) is 18.9 Å². The van der Waals surface area contributed by atoms with Crippen LogP contribution in [0.4, 0.5) is 5.69 Å². The quantitative estimate of drug-likeness (QED) is 0.744. The number of benzene rings is 2. The molecular weight excluding hydrogens is 376 g/mol. The molecule has 0 spiro atoms. The van der Waals surface area contributed by atoms with Gasteiger partial charge in [0.15, 0.2) is 0 Å². The van der Waals surface area contributed by atoms with Crippen molar-refractivity contribution in [2.75, 3.05) is 24.2 Å². The number of hydrogen-bond acceptors (Lipinski definition) is 4. The Balaban J connectivity index is 2.07. The fourth-order valence-corrected chi connectivity index (χ4v) is 3.50. The number of rotatable bonds is 8. The first-order chi connectivity index (χ1) is 12.3. The second kappa shape index (κ2) is 8.91. The average molecular weight is 397 g/mol. The number of sulfonamides is 1. The number of ether oxygens (including phenoxy) is 1. The summed E-state index contributed by atoms with van der Waals surface area (Å²) in [6, 6.07) is 14.2. The molecule has 0 saturated carbocycles. The van der Waals surface area contributed by atoms with Crippen molar-refractivity contribution >= 4 is 33.2 Å². The maximum absolute atomic E-state index is 12.2. The van der Waals surface area contributed by atoms with Crippen LogP contribution in [0.1, 0.15) is 12.0 Å². The lowest BCUT2D eigenvalue weighted by molar-refractivity contribution is -0.121. The van der Waals surface area contributed by atoms with Crippen LogP contribution in [0.2, 0.25) is 5.02 Å². The number of carbonyl (C=O) groups is 1. The molecule has 0 aliphatic heterocycles. The number of hydrogen-bond donors (Lipinski definition) is 1. The van der Waals surface area contributed by atoms with Gasteiger partial charge in [-0.25, -0.2) is 8.42 Å². The first-order valence-corrected chi connectivity index (χ1v) is 10.2. The highest BCUT2D eigenvalue weighted by molar-refractivity contribution is 7.92. The molecule has 0 heterocycles. The number of halogens is 1. The topological polar surface area (TPSA) is 75.7 Å². The molecule has 2 aromatic carbocycles. The highest BCUT2D eigenvalue weighted by Crippen LogP contribution is 2.32. The highest BCUT2D eigenvalue weighted by Gasteiger charge is 2.22. The van der Waals surface area contributed by atoms with Crippen LogP contribution in [0.25, 0.3) is 0 Å². The van der Waals surface area contributed by atoms with E-state index < -0.39 is 10.0 Å². The second-order valence-electron chi connectivity index (χ2n) is 5.66. The van der Waals surface area contributed by atoms with E-state index in [0.717, 1.165) is 16.1 Å². The zero-order valence-corrected chi connectivity index (χ0v) is 16.2. The number of nitrogens with zero attached hydrogens (tertiary/aromatic N) is 1. The van der Waals surface area contributed by atoms with Gasteiger partial charge in [0.25, 0.3) is 0 Å². The van der Waals surface area contributed by atoms with Crippen LogP contribution in [0.3, 0.4) is 0 Å². The molecule has 2 rings (SSSR count). The van der Waals surface area contributed by atoms with Gasteiger partial charge in [-0.3, -0.25) is 9.10 Å². The highest BCUT2D eigenvalue weighted by atomic mass is 35.5. The Labute approximate surface area is 158 Å². The Morgan fingerprint density at radius 1 is 1.19 bits per heavy atom. The van der Waals surface area contributed by atoms with Crippen LogP contribution >= 0.6 is 11.6 Å². The molecular formula is C18H21ClN2O4S. The van der Waals surface area contributed by atoms with Crippen molar-refractivity contribution in [2.24, 2.45) is 0 Å². The summed E-state index contributed by atoms with van der Waals surface area (Å²) in [5, 5.41) is 3.16. The van der Waals surface area contributed by atoms with Gasteiger partial charge >= 0.3 is 0 Å².